The number of aromatic nitrogens is 1. The Balaban J connectivity index is 2.66. The van der Waals surface area contributed by atoms with Crippen molar-refractivity contribution in [1.82, 2.24) is 4.98 Å². The second kappa shape index (κ2) is 5.63. The van der Waals surface area contributed by atoms with Gasteiger partial charge in [-0.05, 0) is 26.3 Å². The van der Waals surface area contributed by atoms with Gasteiger partial charge >= 0.3 is 0 Å². The van der Waals surface area contributed by atoms with Crippen molar-refractivity contribution in [3.8, 4) is 5.88 Å². The molecule has 0 bridgehead atoms. The fourth-order valence-corrected chi connectivity index (χ4v) is 1.12. The summed E-state index contributed by atoms with van der Waals surface area (Å²) < 4.78 is 5.21. The van der Waals surface area contributed by atoms with Gasteiger partial charge in [-0.15, -0.1) is 0 Å². The van der Waals surface area contributed by atoms with Gasteiger partial charge in [0.15, 0.2) is 0 Å². The molecular weight excluding hydrogens is 218 g/mol. The number of nitrogens with zero attached hydrogens (tertiary/aromatic N) is 1. The average Bonchev–Trinajstić information content (AvgIpc) is 2.32. The highest BCUT2D eigenvalue weighted by Gasteiger charge is 2.25. The molecule has 1 atom stereocenters. The Labute approximate surface area is 101 Å². The highest BCUT2D eigenvalue weighted by atomic mass is 16.5. The van der Waals surface area contributed by atoms with Crippen LogP contribution in [0.15, 0.2) is 18.3 Å². The van der Waals surface area contributed by atoms with E-state index in [1.165, 1.54) is 0 Å². The van der Waals surface area contributed by atoms with Crippen molar-refractivity contribution in [2.75, 3.05) is 11.9 Å². The normalized spacial score (nSPS) is 13.9. The molecule has 0 aliphatic carbocycles. The molecule has 94 valence electrons. The summed E-state index contributed by atoms with van der Waals surface area (Å²) in [5, 5.41) is 2.72. The van der Waals surface area contributed by atoms with Gasteiger partial charge in [-0.25, -0.2) is 4.98 Å². The molecule has 0 saturated heterocycles. The van der Waals surface area contributed by atoms with E-state index in [0.717, 1.165) is 0 Å². The molecule has 0 saturated carbocycles. The van der Waals surface area contributed by atoms with Gasteiger partial charge in [0.25, 0.3) is 0 Å². The second-order valence-electron chi connectivity index (χ2n) is 4.04. The quantitative estimate of drug-likeness (QED) is 0.814. The van der Waals surface area contributed by atoms with E-state index in [1.807, 2.05) is 13.8 Å². The smallest absolute Gasteiger partial charge is 0.244 e. The van der Waals surface area contributed by atoms with Crippen LogP contribution in [0.4, 0.5) is 5.69 Å². The molecular formula is C12H19N3O2. The van der Waals surface area contributed by atoms with Crippen LogP contribution in [0, 0.1) is 0 Å². The molecule has 0 fully saturated rings. The molecule has 1 heterocycles. The second-order valence-corrected chi connectivity index (χ2v) is 4.04. The van der Waals surface area contributed by atoms with E-state index in [1.54, 1.807) is 25.3 Å². The van der Waals surface area contributed by atoms with Crippen LogP contribution in [0.25, 0.3) is 0 Å². The van der Waals surface area contributed by atoms with E-state index in [-0.39, 0.29) is 5.91 Å². The van der Waals surface area contributed by atoms with Crippen molar-refractivity contribution >= 4 is 11.6 Å². The number of nitrogens with one attached hydrogen (secondary N) is 1. The van der Waals surface area contributed by atoms with E-state index in [9.17, 15) is 4.79 Å². The molecule has 0 spiro atoms. The predicted octanol–water partition coefficient (Wildman–Crippen LogP) is 1.55. The molecule has 0 radical (unpaired) electrons. The summed E-state index contributed by atoms with van der Waals surface area (Å²) in [4.78, 5) is 15.8. The Hall–Kier alpha value is -1.62. The SMILES string of the molecule is CCOc1ccc(NC(=O)C(C)(N)CC)cn1. The highest BCUT2D eigenvalue weighted by molar-refractivity contribution is 5.97. The Morgan fingerprint density at radius 3 is 2.71 bits per heavy atom. The Morgan fingerprint density at radius 2 is 2.24 bits per heavy atom. The number of ether oxygens (including phenoxy) is 1. The molecule has 3 N–H and O–H groups in total. The Morgan fingerprint density at radius 1 is 1.53 bits per heavy atom. The van der Waals surface area contributed by atoms with Crippen LogP contribution in [0.2, 0.25) is 0 Å². The number of hydrogen-bond donors (Lipinski definition) is 2. The lowest BCUT2D eigenvalue weighted by Crippen LogP contribution is -2.47. The molecule has 1 aromatic rings. The summed E-state index contributed by atoms with van der Waals surface area (Å²) in [6.45, 7) is 6.02. The Kier molecular flexibility index (Phi) is 4.45. The number of carbonyl (C=O) groups is 1. The van der Waals surface area contributed by atoms with E-state index in [0.29, 0.717) is 24.6 Å². The molecule has 5 heteroatoms. The monoisotopic (exact) mass is 237 g/mol. The minimum absolute atomic E-state index is 0.217. The largest absolute Gasteiger partial charge is 0.478 e. The van der Waals surface area contributed by atoms with Crippen molar-refractivity contribution in [2.45, 2.75) is 32.7 Å². The zero-order chi connectivity index (χ0) is 12.9. The lowest BCUT2D eigenvalue weighted by atomic mass is 9.99. The topological polar surface area (TPSA) is 77.2 Å². The van der Waals surface area contributed by atoms with Crippen LogP contribution in [-0.4, -0.2) is 23.0 Å². The third kappa shape index (κ3) is 3.71. The minimum Gasteiger partial charge on any atom is -0.478 e. The van der Waals surface area contributed by atoms with Crippen LogP contribution in [0.3, 0.4) is 0 Å². The summed E-state index contributed by atoms with van der Waals surface area (Å²) in [5.41, 5.74) is 5.58. The van der Waals surface area contributed by atoms with Crippen LogP contribution >= 0.6 is 0 Å². The van der Waals surface area contributed by atoms with Crippen LogP contribution in [0.5, 0.6) is 5.88 Å². The molecule has 0 aromatic carbocycles. The number of hydrogen-bond acceptors (Lipinski definition) is 4. The molecule has 0 aliphatic heterocycles. The average molecular weight is 237 g/mol. The van der Waals surface area contributed by atoms with E-state index in [2.05, 4.69) is 10.3 Å². The Bertz CT molecular complexity index is 374. The number of rotatable bonds is 5. The molecule has 5 nitrogen and oxygen atoms in total. The summed E-state index contributed by atoms with van der Waals surface area (Å²) in [7, 11) is 0. The van der Waals surface area contributed by atoms with Crippen molar-refractivity contribution in [3.05, 3.63) is 18.3 Å². The lowest BCUT2D eigenvalue weighted by molar-refractivity contribution is -0.120. The molecule has 1 rings (SSSR count). The summed E-state index contributed by atoms with van der Waals surface area (Å²) in [6, 6.07) is 3.44. The van der Waals surface area contributed by atoms with Gasteiger partial charge in [0.2, 0.25) is 11.8 Å². The molecule has 1 aromatic heterocycles. The number of nitrogens with two attached hydrogens (primary N) is 1. The fraction of sp³-hybridized carbons (Fsp3) is 0.500. The lowest BCUT2D eigenvalue weighted by Gasteiger charge is -2.21. The third-order valence-electron chi connectivity index (χ3n) is 2.54. The molecule has 0 aliphatic rings. The zero-order valence-corrected chi connectivity index (χ0v) is 10.5. The van der Waals surface area contributed by atoms with Gasteiger partial charge in [-0.1, -0.05) is 6.92 Å². The van der Waals surface area contributed by atoms with Gasteiger partial charge in [0, 0.05) is 6.07 Å². The first-order valence-corrected chi connectivity index (χ1v) is 5.68. The highest BCUT2D eigenvalue weighted by Crippen LogP contribution is 2.14. The van der Waals surface area contributed by atoms with Crippen LogP contribution < -0.4 is 15.8 Å². The maximum absolute atomic E-state index is 11.8. The van der Waals surface area contributed by atoms with Crippen molar-refractivity contribution in [2.24, 2.45) is 5.73 Å². The van der Waals surface area contributed by atoms with Crippen molar-refractivity contribution in [3.63, 3.8) is 0 Å². The van der Waals surface area contributed by atoms with E-state index >= 15 is 0 Å². The van der Waals surface area contributed by atoms with Gasteiger partial charge in [-0.2, -0.15) is 0 Å². The third-order valence-corrected chi connectivity index (χ3v) is 2.54. The van der Waals surface area contributed by atoms with Crippen LogP contribution in [0.1, 0.15) is 27.2 Å². The maximum atomic E-state index is 11.8. The number of anilines is 1. The van der Waals surface area contributed by atoms with Gasteiger partial charge < -0.3 is 15.8 Å². The first-order chi connectivity index (χ1) is 7.99. The first kappa shape index (κ1) is 13.4. The number of amides is 1. The van der Waals surface area contributed by atoms with Crippen molar-refractivity contribution < 1.29 is 9.53 Å². The minimum atomic E-state index is -0.863. The van der Waals surface area contributed by atoms with Crippen molar-refractivity contribution in [1.29, 1.82) is 0 Å². The zero-order valence-electron chi connectivity index (χ0n) is 10.5. The number of pyridine rings is 1. The standard InChI is InChI=1S/C12H19N3O2/c1-4-12(3,13)11(16)15-9-6-7-10(14-8-9)17-5-2/h6-8H,4-5,13H2,1-3H3,(H,15,16). The fourth-order valence-electron chi connectivity index (χ4n) is 1.12. The summed E-state index contributed by atoms with van der Waals surface area (Å²) >= 11 is 0. The van der Waals surface area contributed by atoms with Crippen LogP contribution in [-0.2, 0) is 4.79 Å². The molecule has 1 amide bonds. The van der Waals surface area contributed by atoms with Gasteiger partial charge in [0.05, 0.1) is 24.0 Å². The predicted molar refractivity (Wildman–Crippen MR) is 66.9 cm³/mol. The maximum Gasteiger partial charge on any atom is 0.244 e. The number of carbonyl (C=O) groups excluding carboxylic acids is 1. The first-order valence-electron chi connectivity index (χ1n) is 5.68. The van der Waals surface area contributed by atoms with Gasteiger partial charge in [0.1, 0.15) is 0 Å². The van der Waals surface area contributed by atoms with E-state index in [4.69, 9.17) is 10.5 Å². The van der Waals surface area contributed by atoms with E-state index < -0.39 is 5.54 Å². The summed E-state index contributed by atoms with van der Waals surface area (Å²) in [5.74, 6) is 0.322. The molecule has 17 heavy (non-hydrogen) atoms. The summed E-state index contributed by atoms with van der Waals surface area (Å²) in [6.07, 6.45) is 2.12. The molecule has 1 unspecified atom stereocenters. The van der Waals surface area contributed by atoms with Gasteiger partial charge in [-0.3, -0.25) is 4.79 Å².